The van der Waals surface area contributed by atoms with Crippen molar-refractivity contribution >= 4 is 28.8 Å². The lowest BCUT2D eigenvalue weighted by molar-refractivity contribution is -0.139. The molecule has 1 N–H and O–H groups in total. The van der Waals surface area contributed by atoms with Gasteiger partial charge in [-0.3, -0.25) is 9.59 Å². The van der Waals surface area contributed by atoms with E-state index in [4.69, 9.17) is 4.74 Å². The molecule has 4 rings (SSSR count). The highest BCUT2D eigenvalue weighted by molar-refractivity contribution is 7.10. The van der Waals surface area contributed by atoms with Gasteiger partial charge in [0.25, 0.3) is 11.7 Å². The number of Topliss-reactive ketones (excluding diaryl/α,β-unsaturated/α-hetero) is 1. The molecule has 1 atom stereocenters. The number of rotatable bonds is 8. The second kappa shape index (κ2) is 9.83. The molecule has 2 aromatic carbocycles. The van der Waals surface area contributed by atoms with Crippen molar-refractivity contribution in [1.82, 2.24) is 4.90 Å². The summed E-state index contributed by atoms with van der Waals surface area (Å²) in [5, 5.41) is 13.1. The van der Waals surface area contributed by atoms with E-state index in [9.17, 15) is 14.7 Å². The predicted octanol–water partition coefficient (Wildman–Crippen LogP) is 5.20. The predicted molar refractivity (Wildman–Crippen MR) is 126 cm³/mol. The number of thiophene rings is 1. The van der Waals surface area contributed by atoms with Crippen molar-refractivity contribution < 1.29 is 19.4 Å². The lowest BCUT2D eigenvalue weighted by atomic mass is 9.99. The van der Waals surface area contributed by atoms with Crippen LogP contribution in [0.1, 0.15) is 35.4 Å². The molecular weight excluding hydrogens is 422 g/mol. The van der Waals surface area contributed by atoms with Crippen LogP contribution in [0.2, 0.25) is 0 Å². The first kappa shape index (κ1) is 21.8. The summed E-state index contributed by atoms with van der Waals surface area (Å²) in [5.74, 6) is -0.805. The van der Waals surface area contributed by atoms with Crippen LogP contribution in [-0.2, 0) is 16.0 Å². The van der Waals surface area contributed by atoms with Gasteiger partial charge in [0.2, 0.25) is 0 Å². The molecule has 0 saturated carbocycles. The molecular formula is C26H25NO4S. The van der Waals surface area contributed by atoms with Crippen LogP contribution in [0.25, 0.3) is 5.76 Å². The third kappa shape index (κ3) is 4.46. The van der Waals surface area contributed by atoms with Gasteiger partial charge >= 0.3 is 0 Å². The summed E-state index contributed by atoms with van der Waals surface area (Å²) in [6.45, 7) is 2.96. The molecule has 1 unspecified atom stereocenters. The summed E-state index contributed by atoms with van der Waals surface area (Å²) < 4.78 is 5.67. The van der Waals surface area contributed by atoms with E-state index in [1.807, 2.05) is 60.8 Å². The molecule has 3 aromatic rings. The van der Waals surface area contributed by atoms with Crippen molar-refractivity contribution in [3.05, 3.63) is 93.7 Å². The summed E-state index contributed by atoms with van der Waals surface area (Å²) in [7, 11) is 0. The van der Waals surface area contributed by atoms with E-state index in [0.717, 1.165) is 16.9 Å². The molecule has 5 nitrogen and oxygen atoms in total. The average Bonchev–Trinajstić information content (AvgIpc) is 3.44. The van der Waals surface area contributed by atoms with Crippen molar-refractivity contribution in [1.29, 1.82) is 0 Å². The second-order valence-corrected chi connectivity index (χ2v) is 8.60. The highest BCUT2D eigenvalue weighted by Crippen LogP contribution is 2.41. The van der Waals surface area contributed by atoms with Gasteiger partial charge in [-0.15, -0.1) is 11.3 Å². The van der Waals surface area contributed by atoms with E-state index in [2.05, 4.69) is 0 Å². The number of benzene rings is 2. The maximum Gasteiger partial charge on any atom is 0.295 e. The molecule has 0 radical (unpaired) electrons. The number of aliphatic hydroxyl groups excluding tert-OH is 1. The zero-order chi connectivity index (χ0) is 22.5. The molecule has 1 aliphatic rings. The summed E-state index contributed by atoms with van der Waals surface area (Å²) in [4.78, 5) is 28.5. The van der Waals surface area contributed by atoms with Gasteiger partial charge in [-0.05, 0) is 42.0 Å². The first-order chi connectivity index (χ1) is 15.6. The highest BCUT2D eigenvalue weighted by Gasteiger charge is 2.46. The summed E-state index contributed by atoms with van der Waals surface area (Å²) in [5.41, 5.74) is 1.67. The Morgan fingerprint density at radius 2 is 1.88 bits per heavy atom. The minimum absolute atomic E-state index is 0.123. The zero-order valence-electron chi connectivity index (χ0n) is 17.9. The second-order valence-electron chi connectivity index (χ2n) is 7.62. The SMILES string of the molecule is CCCOc1cccc(C(O)=C2C(=O)C(=O)N(CCc3ccccc3)C2c2cccs2)c1. The van der Waals surface area contributed by atoms with Crippen molar-refractivity contribution in [2.24, 2.45) is 0 Å². The maximum absolute atomic E-state index is 13.1. The van der Waals surface area contributed by atoms with E-state index in [1.165, 1.54) is 11.3 Å². The lowest BCUT2D eigenvalue weighted by Crippen LogP contribution is -2.31. The first-order valence-corrected chi connectivity index (χ1v) is 11.6. The quantitative estimate of drug-likeness (QED) is 0.293. The summed E-state index contributed by atoms with van der Waals surface area (Å²) >= 11 is 1.46. The molecule has 1 aliphatic heterocycles. The Hall–Kier alpha value is -3.38. The van der Waals surface area contributed by atoms with Gasteiger partial charge in [0, 0.05) is 17.0 Å². The smallest absolute Gasteiger partial charge is 0.295 e. The van der Waals surface area contributed by atoms with Crippen molar-refractivity contribution in [2.45, 2.75) is 25.8 Å². The number of likely N-dealkylation sites (tertiary alicyclic amines) is 1. The van der Waals surface area contributed by atoms with Crippen molar-refractivity contribution in [3.63, 3.8) is 0 Å². The molecule has 1 amide bonds. The fourth-order valence-electron chi connectivity index (χ4n) is 3.86. The fourth-order valence-corrected chi connectivity index (χ4v) is 4.70. The van der Waals surface area contributed by atoms with Crippen molar-refractivity contribution in [2.75, 3.05) is 13.2 Å². The fraction of sp³-hybridized carbons (Fsp3) is 0.231. The Labute approximate surface area is 191 Å². The molecule has 6 heteroatoms. The van der Waals surface area contributed by atoms with Gasteiger partial charge in [0.05, 0.1) is 18.2 Å². The Balaban J connectivity index is 1.71. The molecule has 164 valence electrons. The number of hydrogen-bond donors (Lipinski definition) is 1. The van der Waals surface area contributed by atoms with E-state index < -0.39 is 17.7 Å². The Morgan fingerprint density at radius 3 is 2.59 bits per heavy atom. The number of carbonyl (C=O) groups is 2. The van der Waals surface area contributed by atoms with E-state index in [1.54, 1.807) is 23.1 Å². The number of nitrogens with zero attached hydrogens (tertiary/aromatic N) is 1. The third-order valence-corrected chi connectivity index (χ3v) is 6.34. The van der Waals surface area contributed by atoms with E-state index in [0.29, 0.717) is 30.9 Å². The molecule has 32 heavy (non-hydrogen) atoms. The van der Waals surface area contributed by atoms with Crippen LogP contribution in [0, 0.1) is 0 Å². The third-order valence-electron chi connectivity index (χ3n) is 5.42. The first-order valence-electron chi connectivity index (χ1n) is 10.7. The number of hydrogen-bond acceptors (Lipinski definition) is 5. The largest absolute Gasteiger partial charge is 0.507 e. The van der Waals surface area contributed by atoms with Crippen LogP contribution in [0.15, 0.2) is 77.7 Å². The Bertz CT molecular complexity index is 1120. The summed E-state index contributed by atoms with van der Waals surface area (Å²) in [6.07, 6.45) is 1.48. The zero-order valence-corrected chi connectivity index (χ0v) is 18.7. The van der Waals surface area contributed by atoms with Gasteiger partial charge < -0.3 is 14.7 Å². The number of carbonyl (C=O) groups excluding carboxylic acids is 2. The van der Waals surface area contributed by atoms with Gasteiger partial charge in [-0.1, -0.05) is 55.5 Å². The standard InChI is InChI=1S/C26H25NO4S/c1-2-15-31-20-11-6-10-19(17-20)24(28)22-23(21-12-7-16-32-21)27(26(30)25(22)29)14-13-18-8-4-3-5-9-18/h3-12,16-17,23,28H,2,13-15H2,1H3. The Kier molecular flexibility index (Phi) is 6.71. The molecule has 0 aliphatic carbocycles. The normalized spacial score (nSPS) is 17.7. The van der Waals surface area contributed by atoms with Gasteiger partial charge in [0.15, 0.2) is 0 Å². The van der Waals surface area contributed by atoms with Crippen LogP contribution in [0.4, 0.5) is 0 Å². The van der Waals surface area contributed by atoms with Crippen LogP contribution in [-0.4, -0.2) is 34.8 Å². The van der Waals surface area contributed by atoms with Crippen LogP contribution in [0.5, 0.6) is 5.75 Å². The minimum atomic E-state index is -0.658. The monoisotopic (exact) mass is 447 g/mol. The maximum atomic E-state index is 13.1. The van der Waals surface area contributed by atoms with Crippen molar-refractivity contribution in [3.8, 4) is 5.75 Å². The van der Waals surface area contributed by atoms with Gasteiger partial charge in [-0.2, -0.15) is 0 Å². The lowest BCUT2D eigenvalue weighted by Gasteiger charge is -2.24. The number of amides is 1. The number of aliphatic hydroxyl groups is 1. The Morgan fingerprint density at radius 1 is 1.06 bits per heavy atom. The molecule has 1 fully saturated rings. The molecule has 0 bridgehead atoms. The topological polar surface area (TPSA) is 66.8 Å². The molecule has 1 aromatic heterocycles. The van der Waals surface area contributed by atoms with Gasteiger partial charge in [0.1, 0.15) is 11.5 Å². The van der Waals surface area contributed by atoms with Crippen LogP contribution in [0.3, 0.4) is 0 Å². The number of ketones is 1. The molecule has 1 saturated heterocycles. The van der Waals surface area contributed by atoms with Gasteiger partial charge in [-0.25, -0.2) is 0 Å². The van der Waals surface area contributed by atoms with Crippen LogP contribution < -0.4 is 4.74 Å². The van der Waals surface area contributed by atoms with E-state index in [-0.39, 0.29) is 11.3 Å². The van der Waals surface area contributed by atoms with E-state index >= 15 is 0 Å². The highest BCUT2D eigenvalue weighted by atomic mass is 32.1. The average molecular weight is 448 g/mol. The molecule has 2 heterocycles. The van der Waals surface area contributed by atoms with Crippen LogP contribution >= 0.6 is 11.3 Å². The molecule has 0 spiro atoms. The number of ether oxygens (including phenoxy) is 1. The minimum Gasteiger partial charge on any atom is -0.507 e. The summed E-state index contributed by atoms with van der Waals surface area (Å²) in [6, 6.07) is 20.0.